The Labute approximate surface area is 149 Å². The first-order valence-electron chi connectivity index (χ1n) is 9.34. The maximum absolute atomic E-state index is 12.7. The average molecular weight is 344 g/mol. The molecule has 1 aliphatic heterocycles. The number of nitrogens with zero attached hydrogens (tertiary/aromatic N) is 1. The van der Waals surface area contributed by atoms with Crippen molar-refractivity contribution in [2.24, 2.45) is 11.8 Å². The highest BCUT2D eigenvalue weighted by Crippen LogP contribution is 2.38. The Hall–Kier alpha value is -2.04. The molecule has 136 valence electrons. The molecule has 1 saturated carbocycles. The van der Waals surface area contributed by atoms with Gasteiger partial charge >= 0.3 is 0 Å². The maximum atomic E-state index is 12.7. The summed E-state index contributed by atoms with van der Waals surface area (Å²) < 4.78 is 5.23. The summed E-state index contributed by atoms with van der Waals surface area (Å²) in [6.45, 7) is 3.98. The summed E-state index contributed by atoms with van der Waals surface area (Å²) in [5.74, 6) is 1.17. The third kappa shape index (κ3) is 4.14. The number of likely N-dealkylation sites (tertiary alicyclic amines) is 1. The molecule has 1 N–H and O–H groups in total. The standard InChI is InChI=1S/C20H28N2O3/c1-3-4-11-21-19(23)18-13-22(20(24)15-5-6-15)12-17(18)14-7-9-16(25-2)10-8-14/h7-10,15,17-18H,3-6,11-13H2,1-2H3,(H,21,23). The van der Waals surface area contributed by atoms with Crippen molar-refractivity contribution >= 4 is 11.8 Å². The minimum atomic E-state index is -0.173. The van der Waals surface area contributed by atoms with E-state index >= 15 is 0 Å². The molecule has 0 bridgehead atoms. The Bertz CT molecular complexity index is 610. The zero-order valence-corrected chi connectivity index (χ0v) is 15.2. The fourth-order valence-electron chi connectivity index (χ4n) is 3.55. The van der Waals surface area contributed by atoms with Gasteiger partial charge in [0.2, 0.25) is 11.8 Å². The first-order valence-corrected chi connectivity index (χ1v) is 9.34. The van der Waals surface area contributed by atoms with Crippen LogP contribution in [0.1, 0.15) is 44.1 Å². The number of nitrogens with one attached hydrogen (secondary N) is 1. The number of carbonyl (C=O) groups is 2. The summed E-state index contributed by atoms with van der Waals surface area (Å²) >= 11 is 0. The second-order valence-corrected chi connectivity index (χ2v) is 7.15. The molecule has 0 radical (unpaired) electrons. The summed E-state index contributed by atoms with van der Waals surface area (Å²) in [4.78, 5) is 27.1. The number of ether oxygens (including phenoxy) is 1. The van der Waals surface area contributed by atoms with Gasteiger partial charge in [-0.25, -0.2) is 0 Å². The Morgan fingerprint density at radius 2 is 1.92 bits per heavy atom. The Morgan fingerprint density at radius 1 is 1.20 bits per heavy atom. The zero-order valence-electron chi connectivity index (χ0n) is 15.2. The number of rotatable bonds is 7. The van der Waals surface area contributed by atoms with Crippen LogP contribution in [0.3, 0.4) is 0 Å². The fraction of sp³-hybridized carbons (Fsp3) is 0.600. The molecule has 5 heteroatoms. The third-order valence-corrected chi connectivity index (χ3v) is 5.27. The van der Waals surface area contributed by atoms with Crippen LogP contribution < -0.4 is 10.1 Å². The molecule has 2 fully saturated rings. The van der Waals surface area contributed by atoms with Crippen LogP contribution in [-0.4, -0.2) is 43.5 Å². The molecule has 0 spiro atoms. The summed E-state index contributed by atoms with van der Waals surface area (Å²) in [6.07, 6.45) is 4.03. The number of hydrogen-bond donors (Lipinski definition) is 1. The minimum Gasteiger partial charge on any atom is -0.497 e. The summed E-state index contributed by atoms with van der Waals surface area (Å²) in [7, 11) is 1.64. The number of carbonyl (C=O) groups excluding carboxylic acids is 2. The normalized spacial score (nSPS) is 22.7. The third-order valence-electron chi connectivity index (χ3n) is 5.27. The van der Waals surface area contributed by atoms with E-state index in [1.807, 2.05) is 29.2 Å². The van der Waals surface area contributed by atoms with Gasteiger partial charge in [0.15, 0.2) is 0 Å². The van der Waals surface area contributed by atoms with Gasteiger partial charge < -0.3 is 15.0 Å². The molecule has 25 heavy (non-hydrogen) atoms. The van der Waals surface area contributed by atoms with Crippen molar-refractivity contribution in [3.8, 4) is 5.75 Å². The van der Waals surface area contributed by atoms with Gasteiger partial charge in [0.25, 0.3) is 0 Å². The molecule has 0 aromatic heterocycles. The summed E-state index contributed by atoms with van der Waals surface area (Å²) in [5, 5.41) is 3.05. The van der Waals surface area contributed by atoms with Crippen LogP contribution in [0.25, 0.3) is 0 Å². The van der Waals surface area contributed by atoms with Crippen LogP contribution in [-0.2, 0) is 9.59 Å². The molecule has 1 saturated heterocycles. The molecular formula is C20H28N2O3. The highest BCUT2D eigenvalue weighted by Gasteiger charge is 2.43. The molecular weight excluding hydrogens is 316 g/mol. The van der Waals surface area contributed by atoms with Gasteiger partial charge in [-0.15, -0.1) is 0 Å². The molecule has 1 aliphatic carbocycles. The fourth-order valence-corrected chi connectivity index (χ4v) is 3.55. The van der Waals surface area contributed by atoms with E-state index in [0.29, 0.717) is 19.6 Å². The number of amides is 2. The first kappa shape index (κ1) is 17.8. The van der Waals surface area contributed by atoms with E-state index in [4.69, 9.17) is 4.74 Å². The minimum absolute atomic E-state index is 0.0511. The Balaban J connectivity index is 1.74. The van der Waals surface area contributed by atoms with Crippen LogP contribution >= 0.6 is 0 Å². The highest BCUT2D eigenvalue weighted by molar-refractivity contribution is 5.85. The molecule has 2 aliphatic rings. The smallest absolute Gasteiger partial charge is 0.225 e. The number of benzene rings is 1. The lowest BCUT2D eigenvalue weighted by Crippen LogP contribution is -2.36. The molecule has 2 atom stereocenters. The molecule has 1 heterocycles. The van der Waals surface area contributed by atoms with Crippen LogP contribution in [0.2, 0.25) is 0 Å². The summed E-state index contributed by atoms with van der Waals surface area (Å²) in [5.41, 5.74) is 1.10. The van der Waals surface area contributed by atoms with Gasteiger partial charge in [0.05, 0.1) is 13.0 Å². The van der Waals surface area contributed by atoms with Gasteiger partial charge in [-0.1, -0.05) is 25.5 Å². The van der Waals surface area contributed by atoms with Crippen LogP contribution in [0.15, 0.2) is 24.3 Å². The van der Waals surface area contributed by atoms with Gasteiger partial charge in [-0.3, -0.25) is 9.59 Å². The van der Waals surface area contributed by atoms with E-state index in [-0.39, 0.29) is 29.6 Å². The number of hydrogen-bond acceptors (Lipinski definition) is 3. The van der Waals surface area contributed by atoms with Gasteiger partial charge in [0, 0.05) is 31.5 Å². The van der Waals surface area contributed by atoms with Crippen molar-refractivity contribution < 1.29 is 14.3 Å². The van der Waals surface area contributed by atoms with E-state index in [9.17, 15) is 9.59 Å². The largest absolute Gasteiger partial charge is 0.497 e. The number of methoxy groups -OCH3 is 1. The van der Waals surface area contributed by atoms with Gasteiger partial charge in [0.1, 0.15) is 5.75 Å². The molecule has 1 aromatic rings. The van der Waals surface area contributed by atoms with Crippen LogP contribution in [0.5, 0.6) is 5.75 Å². The van der Waals surface area contributed by atoms with E-state index in [2.05, 4.69) is 12.2 Å². The maximum Gasteiger partial charge on any atom is 0.225 e. The molecule has 2 amide bonds. The predicted molar refractivity (Wildman–Crippen MR) is 96.4 cm³/mol. The second-order valence-electron chi connectivity index (χ2n) is 7.15. The summed E-state index contributed by atoms with van der Waals surface area (Å²) in [6, 6.07) is 7.88. The van der Waals surface area contributed by atoms with Crippen molar-refractivity contribution in [1.29, 1.82) is 0 Å². The Morgan fingerprint density at radius 3 is 2.52 bits per heavy atom. The van der Waals surface area contributed by atoms with Gasteiger partial charge in [-0.2, -0.15) is 0 Å². The quantitative estimate of drug-likeness (QED) is 0.774. The van der Waals surface area contributed by atoms with Crippen LogP contribution in [0, 0.1) is 11.8 Å². The predicted octanol–water partition coefficient (Wildman–Crippen LogP) is 2.56. The van der Waals surface area contributed by atoms with E-state index in [1.54, 1.807) is 7.11 Å². The van der Waals surface area contributed by atoms with Crippen LogP contribution in [0.4, 0.5) is 0 Å². The van der Waals surface area contributed by atoms with E-state index in [0.717, 1.165) is 37.0 Å². The first-order chi connectivity index (χ1) is 12.1. The second kappa shape index (κ2) is 7.89. The lowest BCUT2D eigenvalue weighted by atomic mass is 9.88. The lowest BCUT2D eigenvalue weighted by molar-refractivity contribution is -0.132. The molecule has 2 unspecified atom stereocenters. The zero-order chi connectivity index (χ0) is 17.8. The molecule has 3 rings (SSSR count). The molecule has 1 aromatic carbocycles. The van der Waals surface area contributed by atoms with Crippen molar-refractivity contribution in [2.75, 3.05) is 26.7 Å². The van der Waals surface area contributed by atoms with Crippen molar-refractivity contribution in [2.45, 2.75) is 38.5 Å². The van der Waals surface area contributed by atoms with Crippen molar-refractivity contribution in [3.05, 3.63) is 29.8 Å². The van der Waals surface area contributed by atoms with E-state index < -0.39 is 0 Å². The van der Waals surface area contributed by atoms with Crippen molar-refractivity contribution in [3.63, 3.8) is 0 Å². The average Bonchev–Trinajstić information content (AvgIpc) is 3.39. The Kier molecular flexibility index (Phi) is 5.61. The van der Waals surface area contributed by atoms with Gasteiger partial charge in [-0.05, 0) is 37.0 Å². The van der Waals surface area contributed by atoms with Crippen molar-refractivity contribution in [1.82, 2.24) is 10.2 Å². The number of unbranched alkanes of at least 4 members (excludes halogenated alkanes) is 1. The SMILES string of the molecule is CCCCNC(=O)C1CN(C(=O)C2CC2)CC1c1ccc(OC)cc1. The van der Waals surface area contributed by atoms with E-state index in [1.165, 1.54) is 0 Å². The molecule has 5 nitrogen and oxygen atoms in total. The lowest BCUT2D eigenvalue weighted by Gasteiger charge is -2.18. The monoisotopic (exact) mass is 344 g/mol. The topological polar surface area (TPSA) is 58.6 Å². The highest BCUT2D eigenvalue weighted by atomic mass is 16.5.